The van der Waals surface area contributed by atoms with Crippen LogP contribution in [0.15, 0.2) is 77.7 Å². The van der Waals surface area contributed by atoms with E-state index >= 15 is 0 Å². The molecule has 0 aliphatic rings. The molecule has 0 bridgehead atoms. The summed E-state index contributed by atoms with van der Waals surface area (Å²) in [5.41, 5.74) is 2.75. The number of nitrogens with one attached hydrogen (secondary N) is 1. The van der Waals surface area contributed by atoms with Crippen LogP contribution in [0.25, 0.3) is 0 Å². The maximum absolute atomic E-state index is 12.5. The summed E-state index contributed by atoms with van der Waals surface area (Å²) >= 11 is 11.9. The molecular formula is C19H15Cl2NO2S. The molecule has 3 nitrogen and oxygen atoms in total. The molecule has 0 unspecified atom stereocenters. The first-order chi connectivity index (χ1) is 11.9. The predicted octanol–water partition coefficient (Wildman–Crippen LogP) is 5.39. The Balaban J connectivity index is 1.78. The minimum absolute atomic E-state index is 0.0463. The van der Waals surface area contributed by atoms with Crippen LogP contribution in [-0.2, 0) is 16.4 Å². The van der Waals surface area contributed by atoms with E-state index in [-0.39, 0.29) is 9.92 Å². The Morgan fingerprint density at radius 2 is 1.44 bits per heavy atom. The van der Waals surface area contributed by atoms with Crippen LogP contribution in [-0.4, -0.2) is 8.42 Å². The van der Waals surface area contributed by atoms with Gasteiger partial charge in [0, 0.05) is 10.7 Å². The van der Waals surface area contributed by atoms with Gasteiger partial charge in [-0.25, -0.2) is 8.42 Å². The smallest absolute Gasteiger partial charge is 0.263 e. The van der Waals surface area contributed by atoms with Crippen molar-refractivity contribution < 1.29 is 8.42 Å². The highest BCUT2D eigenvalue weighted by atomic mass is 35.5. The number of hydrogen-bond acceptors (Lipinski definition) is 2. The fourth-order valence-electron chi connectivity index (χ4n) is 2.42. The molecule has 0 fully saturated rings. The van der Waals surface area contributed by atoms with Gasteiger partial charge < -0.3 is 0 Å². The molecular weight excluding hydrogens is 377 g/mol. The van der Waals surface area contributed by atoms with E-state index in [1.54, 1.807) is 18.2 Å². The second-order valence-electron chi connectivity index (χ2n) is 5.54. The molecule has 25 heavy (non-hydrogen) atoms. The van der Waals surface area contributed by atoms with E-state index in [1.807, 2.05) is 30.3 Å². The van der Waals surface area contributed by atoms with Gasteiger partial charge in [-0.3, -0.25) is 4.72 Å². The van der Waals surface area contributed by atoms with Crippen LogP contribution in [0.5, 0.6) is 0 Å². The molecule has 0 aliphatic heterocycles. The number of hydrogen-bond donors (Lipinski definition) is 1. The first-order valence-electron chi connectivity index (χ1n) is 7.55. The Bertz CT molecular complexity index is 972. The lowest BCUT2D eigenvalue weighted by molar-refractivity contribution is 0.601. The zero-order valence-electron chi connectivity index (χ0n) is 13.1. The maximum Gasteiger partial charge on any atom is 0.263 e. The second kappa shape index (κ2) is 7.48. The van der Waals surface area contributed by atoms with E-state index in [1.165, 1.54) is 17.7 Å². The molecule has 3 aromatic rings. The van der Waals surface area contributed by atoms with Crippen LogP contribution in [0.2, 0.25) is 10.0 Å². The molecule has 6 heteroatoms. The fraction of sp³-hybridized carbons (Fsp3) is 0.0526. The lowest BCUT2D eigenvalue weighted by Gasteiger charge is -2.10. The Kier molecular flexibility index (Phi) is 5.33. The summed E-state index contributed by atoms with van der Waals surface area (Å²) < 4.78 is 27.5. The van der Waals surface area contributed by atoms with E-state index in [4.69, 9.17) is 23.2 Å². The minimum Gasteiger partial charge on any atom is -0.280 e. The molecule has 3 rings (SSSR count). The molecule has 128 valence electrons. The summed E-state index contributed by atoms with van der Waals surface area (Å²) in [6.07, 6.45) is 0.786. The van der Waals surface area contributed by atoms with Crippen molar-refractivity contribution >= 4 is 38.9 Å². The Morgan fingerprint density at radius 3 is 2.12 bits per heavy atom. The van der Waals surface area contributed by atoms with Crippen molar-refractivity contribution in [3.05, 3.63) is 94.0 Å². The van der Waals surface area contributed by atoms with Crippen molar-refractivity contribution in [3.8, 4) is 0 Å². The van der Waals surface area contributed by atoms with Gasteiger partial charge in [0.2, 0.25) is 0 Å². The van der Waals surface area contributed by atoms with Gasteiger partial charge in [0.05, 0.1) is 5.02 Å². The third kappa shape index (κ3) is 4.54. The average Bonchev–Trinajstić information content (AvgIpc) is 2.59. The summed E-state index contributed by atoms with van der Waals surface area (Å²) in [6, 6.07) is 21.6. The van der Waals surface area contributed by atoms with Crippen LogP contribution in [0, 0.1) is 0 Å². The first-order valence-corrected chi connectivity index (χ1v) is 9.79. The van der Waals surface area contributed by atoms with Gasteiger partial charge in [-0.15, -0.1) is 0 Å². The van der Waals surface area contributed by atoms with Crippen LogP contribution in [0.4, 0.5) is 5.69 Å². The molecule has 3 aromatic carbocycles. The quantitative estimate of drug-likeness (QED) is 0.633. The molecule has 0 saturated heterocycles. The zero-order chi connectivity index (χ0) is 17.9. The van der Waals surface area contributed by atoms with Crippen molar-refractivity contribution in [1.82, 2.24) is 0 Å². The number of rotatable bonds is 5. The number of anilines is 1. The minimum atomic E-state index is -3.80. The molecule has 0 saturated carbocycles. The van der Waals surface area contributed by atoms with E-state index in [2.05, 4.69) is 16.9 Å². The van der Waals surface area contributed by atoms with Gasteiger partial charge in [-0.2, -0.15) is 0 Å². The summed E-state index contributed by atoms with van der Waals surface area (Å²) in [5.74, 6) is 0. The Hall–Kier alpha value is -2.01. The average molecular weight is 392 g/mol. The summed E-state index contributed by atoms with van der Waals surface area (Å²) in [5, 5.41) is 0.431. The Morgan fingerprint density at radius 1 is 0.800 bits per heavy atom. The molecule has 0 aromatic heterocycles. The van der Waals surface area contributed by atoms with Crippen molar-refractivity contribution in [3.63, 3.8) is 0 Å². The van der Waals surface area contributed by atoms with Gasteiger partial charge in [-0.05, 0) is 47.9 Å². The highest BCUT2D eigenvalue weighted by Crippen LogP contribution is 2.27. The zero-order valence-corrected chi connectivity index (χ0v) is 15.4. The number of benzene rings is 3. The van der Waals surface area contributed by atoms with Crippen LogP contribution in [0.3, 0.4) is 0 Å². The standard InChI is InChI=1S/C19H15Cl2NO2S/c20-16-8-11-18(21)19(13-16)25(23,24)22-17-9-6-15(7-10-17)12-14-4-2-1-3-5-14/h1-11,13,22H,12H2. The van der Waals surface area contributed by atoms with E-state index < -0.39 is 10.0 Å². The third-order valence-electron chi connectivity index (χ3n) is 3.64. The van der Waals surface area contributed by atoms with Crippen molar-refractivity contribution in [2.75, 3.05) is 4.72 Å². The second-order valence-corrected chi connectivity index (χ2v) is 8.03. The fourth-order valence-corrected chi connectivity index (χ4v) is 4.24. The van der Waals surface area contributed by atoms with E-state index in [9.17, 15) is 8.42 Å². The first kappa shape index (κ1) is 17.8. The SMILES string of the molecule is O=S(=O)(Nc1ccc(Cc2ccccc2)cc1)c1cc(Cl)ccc1Cl. The van der Waals surface area contributed by atoms with E-state index in [0.717, 1.165) is 12.0 Å². The molecule has 0 heterocycles. The van der Waals surface area contributed by atoms with Crippen LogP contribution in [0.1, 0.15) is 11.1 Å². The molecule has 0 spiro atoms. The van der Waals surface area contributed by atoms with Crippen molar-refractivity contribution in [2.45, 2.75) is 11.3 Å². The lowest BCUT2D eigenvalue weighted by atomic mass is 10.1. The van der Waals surface area contributed by atoms with Gasteiger partial charge in [0.25, 0.3) is 10.0 Å². The summed E-state index contributed by atoms with van der Waals surface area (Å²) in [4.78, 5) is -0.0463. The number of halogens is 2. The highest BCUT2D eigenvalue weighted by molar-refractivity contribution is 7.92. The molecule has 0 amide bonds. The molecule has 0 radical (unpaired) electrons. The van der Waals surface area contributed by atoms with Gasteiger partial charge in [-0.1, -0.05) is 65.7 Å². The maximum atomic E-state index is 12.5. The van der Waals surface area contributed by atoms with Crippen LogP contribution < -0.4 is 4.72 Å². The molecule has 1 N–H and O–H groups in total. The van der Waals surface area contributed by atoms with Gasteiger partial charge in [0.1, 0.15) is 4.90 Å². The highest BCUT2D eigenvalue weighted by Gasteiger charge is 2.18. The van der Waals surface area contributed by atoms with Crippen molar-refractivity contribution in [1.29, 1.82) is 0 Å². The van der Waals surface area contributed by atoms with Gasteiger partial charge in [0.15, 0.2) is 0 Å². The summed E-state index contributed by atoms with van der Waals surface area (Å²) in [6.45, 7) is 0. The molecule has 0 aliphatic carbocycles. The normalized spacial score (nSPS) is 11.3. The van der Waals surface area contributed by atoms with Crippen molar-refractivity contribution in [2.24, 2.45) is 0 Å². The topological polar surface area (TPSA) is 46.2 Å². The number of sulfonamides is 1. The largest absolute Gasteiger partial charge is 0.280 e. The monoisotopic (exact) mass is 391 g/mol. The lowest BCUT2D eigenvalue weighted by Crippen LogP contribution is -2.13. The third-order valence-corrected chi connectivity index (χ3v) is 5.74. The molecule has 0 atom stereocenters. The van der Waals surface area contributed by atoms with Gasteiger partial charge >= 0.3 is 0 Å². The Labute approximate surface area is 157 Å². The van der Waals surface area contributed by atoms with E-state index in [0.29, 0.717) is 10.7 Å². The summed E-state index contributed by atoms with van der Waals surface area (Å²) in [7, 11) is -3.80. The predicted molar refractivity (Wildman–Crippen MR) is 103 cm³/mol. The van der Waals surface area contributed by atoms with Crippen LogP contribution >= 0.6 is 23.2 Å².